The summed E-state index contributed by atoms with van der Waals surface area (Å²) in [5.74, 6) is 1.58. The number of thioether (sulfide) groups is 1. The average molecular weight is 522 g/mol. The summed E-state index contributed by atoms with van der Waals surface area (Å²) in [6.45, 7) is 4.99. The number of nitrogens with one attached hydrogen (secondary N) is 1. The third-order valence-corrected chi connectivity index (χ3v) is 7.93. The maximum atomic E-state index is 13.0. The van der Waals surface area contributed by atoms with Crippen LogP contribution < -0.4 is 10.2 Å². The highest BCUT2D eigenvalue weighted by Gasteiger charge is 2.21. The molecule has 0 aliphatic carbocycles. The Kier molecular flexibility index (Phi) is 8.41. The van der Waals surface area contributed by atoms with Crippen LogP contribution in [0.15, 0.2) is 65.8 Å². The maximum absolute atomic E-state index is 13.0. The third-order valence-electron chi connectivity index (χ3n) is 6.82. The Morgan fingerprint density at radius 2 is 1.69 bits per heavy atom. The second-order valence-electron chi connectivity index (χ2n) is 9.52. The molecular weight excluding hydrogens is 490 g/mol. The molecule has 2 saturated heterocycles. The predicted molar refractivity (Wildman–Crippen MR) is 147 cm³/mol. The van der Waals surface area contributed by atoms with Gasteiger partial charge in [-0.05, 0) is 48.9 Å². The number of anilines is 1. The minimum absolute atomic E-state index is 0.00122. The van der Waals surface area contributed by atoms with Gasteiger partial charge in [0.15, 0.2) is 5.16 Å². The Balaban J connectivity index is 1.13. The summed E-state index contributed by atoms with van der Waals surface area (Å²) in [5, 5.41) is 4.38. The quantitative estimate of drug-likeness (QED) is 0.243. The van der Waals surface area contributed by atoms with Crippen molar-refractivity contribution in [1.29, 1.82) is 0 Å². The smallest absolute Gasteiger partial charge is 0.251 e. The lowest BCUT2D eigenvalue weighted by molar-refractivity contribution is 0.0909. The van der Waals surface area contributed by atoms with E-state index in [4.69, 9.17) is 16.6 Å². The highest BCUT2D eigenvalue weighted by molar-refractivity contribution is 7.98. The van der Waals surface area contributed by atoms with Gasteiger partial charge in [-0.1, -0.05) is 65.8 Å². The molecule has 5 rings (SSSR count). The summed E-state index contributed by atoms with van der Waals surface area (Å²) in [6.07, 6.45) is 4.32. The lowest BCUT2D eigenvalue weighted by Crippen LogP contribution is -2.44. The third kappa shape index (κ3) is 6.78. The standard InChI is InChI=1S/C28H32ClN5OS/c29-25-18-26(34-13-4-5-14-34)32-28(31-25)36-20-22-9-6-10-23(17-22)27(35)30-24-11-15-33(16-12-24)19-21-7-2-1-3-8-21/h1-3,6-10,17-18,24H,4-5,11-16,19-20H2,(H,30,35). The Morgan fingerprint density at radius 3 is 2.47 bits per heavy atom. The second-order valence-corrected chi connectivity index (χ2v) is 10.9. The number of nitrogens with zero attached hydrogens (tertiary/aromatic N) is 4. The van der Waals surface area contributed by atoms with Gasteiger partial charge in [-0.2, -0.15) is 0 Å². The van der Waals surface area contributed by atoms with E-state index in [2.05, 4.69) is 50.4 Å². The fourth-order valence-corrected chi connectivity index (χ4v) is 5.88. The zero-order chi connectivity index (χ0) is 24.7. The predicted octanol–water partition coefficient (Wildman–Crippen LogP) is 5.42. The molecule has 0 bridgehead atoms. The number of carbonyl (C=O) groups is 1. The molecule has 3 aromatic rings. The molecule has 2 fully saturated rings. The molecule has 1 aromatic heterocycles. The van der Waals surface area contributed by atoms with E-state index in [0.29, 0.717) is 21.6 Å². The molecule has 8 heteroatoms. The summed E-state index contributed by atoms with van der Waals surface area (Å²) >= 11 is 7.82. The number of amides is 1. The monoisotopic (exact) mass is 521 g/mol. The molecule has 0 atom stereocenters. The summed E-state index contributed by atoms with van der Waals surface area (Å²) < 4.78 is 0. The summed E-state index contributed by atoms with van der Waals surface area (Å²) in [4.78, 5) is 26.8. The molecule has 0 spiro atoms. The first-order chi connectivity index (χ1) is 17.6. The number of aromatic nitrogens is 2. The van der Waals surface area contributed by atoms with E-state index < -0.39 is 0 Å². The van der Waals surface area contributed by atoms with Crippen LogP contribution in [-0.4, -0.2) is 53.0 Å². The molecule has 2 aliphatic heterocycles. The van der Waals surface area contributed by atoms with E-state index in [0.717, 1.165) is 56.9 Å². The van der Waals surface area contributed by atoms with Crippen LogP contribution in [0.25, 0.3) is 0 Å². The number of hydrogen-bond acceptors (Lipinski definition) is 6. The van der Waals surface area contributed by atoms with E-state index >= 15 is 0 Å². The van der Waals surface area contributed by atoms with Crippen LogP contribution >= 0.6 is 23.4 Å². The normalized spacial score (nSPS) is 16.9. The summed E-state index contributed by atoms with van der Waals surface area (Å²) in [6, 6.07) is 20.5. The zero-order valence-corrected chi connectivity index (χ0v) is 22.0. The molecule has 0 saturated carbocycles. The molecule has 2 aromatic carbocycles. The van der Waals surface area contributed by atoms with Gasteiger partial charge in [0, 0.05) is 56.1 Å². The fraction of sp³-hybridized carbons (Fsp3) is 0.393. The van der Waals surface area contributed by atoms with E-state index in [1.165, 1.54) is 18.4 Å². The number of rotatable bonds is 8. The molecular formula is C28H32ClN5OS. The van der Waals surface area contributed by atoms with Gasteiger partial charge in [0.05, 0.1) is 0 Å². The Bertz CT molecular complexity index is 1160. The lowest BCUT2D eigenvalue weighted by atomic mass is 10.0. The lowest BCUT2D eigenvalue weighted by Gasteiger charge is -2.32. The second kappa shape index (κ2) is 12.1. The molecule has 2 aliphatic rings. The number of carbonyl (C=O) groups excluding carboxylic acids is 1. The topological polar surface area (TPSA) is 61.4 Å². The molecule has 36 heavy (non-hydrogen) atoms. The number of piperidine rings is 1. The van der Waals surface area contributed by atoms with E-state index in [1.54, 1.807) is 11.8 Å². The van der Waals surface area contributed by atoms with Gasteiger partial charge in [0.1, 0.15) is 11.0 Å². The van der Waals surface area contributed by atoms with E-state index in [-0.39, 0.29) is 11.9 Å². The van der Waals surface area contributed by atoms with Crippen molar-refractivity contribution in [3.05, 3.63) is 82.5 Å². The van der Waals surface area contributed by atoms with Crippen LogP contribution in [0.2, 0.25) is 5.15 Å². The summed E-state index contributed by atoms with van der Waals surface area (Å²) in [5.41, 5.74) is 3.10. The average Bonchev–Trinajstić information content (AvgIpc) is 3.45. The number of hydrogen-bond donors (Lipinski definition) is 1. The summed E-state index contributed by atoms with van der Waals surface area (Å²) in [7, 11) is 0. The van der Waals surface area contributed by atoms with Gasteiger partial charge < -0.3 is 10.2 Å². The van der Waals surface area contributed by atoms with Crippen molar-refractivity contribution in [2.45, 2.75) is 49.2 Å². The Hall–Kier alpha value is -2.61. The van der Waals surface area contributed by atoms with E-state index in [9.17, 15) is 4.79 Å². The maximum Gasteiger partial charge on any atom is 0.251 e. The molecule has 1 amide bonds. The Morgan fingerprint density at radius 1 is 0.944 bits per heavy atom. The van der Waals surface area contributed by atoms with Gasteiger partial charge in [0.25, 0.3) is 5.91 Å². The van der Waals surface area contributed by atoms with E-state index in [1.807, 2.05) is 30.3 Å². The van der Waals surface area contributed by atoms with Crippen molar-refractivity contribution in [1.82, 2.24) is 20.2 Å². The first-order valence-corrected chi connectivity index (χ1v) is 14.1. The number of halogens is 1. The van der Waals surface area contributed by atoms with Gasteiger partial charge in [-0.3, -0.25) is 9.69 Å². The first-order valence-electron chi connectivity index (χ1n) is 12.7. The molecule has 0 unspecified atom stereocenters. The Labute approximate surface area is 222 Å². The van der Waals surface area contributed by atoms with Gasteiger partial charge >= 0.3 is 0 Å². The van der Waals surface area contributed by atoms with Crippen LogP contribution in [0.5, 0.6) is 0 Å². The van der Waals surface area contributed by atoms with Crippen molar-refractivity contribution in [3.63, 3.8) is 0 Å². The number of benzene rings is 2. The van der Waals surface area contributed by atoms with Crippen LogP contribution in [0.4, 0.5) is 5.82 Å². The van der Waals surface area contributed by atoms with Gasteiger partial charge in [-0.25, -0.2) is 9.97 Å². The van der Waals surface area contributed by atoms with Crippen molar-refractivity contribution < 1.29 is 4.79 Å². The van der Waals surface area contributed by atoms with Crippen LogP contribution in [0.3, 0.4) is 0 Å². The van der Waals surface area contributed by atoms with Crippen molar-refractivity contribution in [3.8, 4) is 0 Å². The fourth-order valence-electron chi connectivity index (χ4n) is 4.85. The molecule has 0 radical (unpaired) electrons. The van der Waals surface area contributed by atoms with Crippen LogP contribution in [0, 0.1) is 0 Å². The highest BCUT2D eigenvalue weighted by atomic mass is 35.5. The SMILES string of the molecule is O=C(NC1CCN(Cc2ccccc2)CC1)c1cccc(CSc2nc(Cl)cc(N3CCCC3)n2)c1. The minimum Gasteiger partial charge on any atom is -0.356 e. The first kappa shape index (κ1) is 25.1. The zero-order valence-electron chi connectivity index (χ0n) is 20.4. The molecule has 188 valence electrons. The number of likely N-dealkylation sites (tertiary alicyclic amines) is 1. The van der Waals surface area contributed by atoms with Crippen molar-refractivity contribution >= 4 is 35.1 Å². The van der Waals surface area contributed by atoms with Crippen molar-refractivity contribution in [2.75, 3.05) is 31.1 Å². The molecule has 6 nitrogen and oxygen atoms in total. The van der Waals surface area contributed by atoms with Crippen LogP contribution in [0.1, 0.15) is 47.2 Å². The van der Waals surface area contributed by atoms with Crippen LogP contribution in [-0.2, 0) is 12.3 Å². The largest absolute Gasteiger partial charge is 0.356 e. The molecule has 1 N–H and O–H groups in total. The minimum atomic E-state index is -0.00122. The van der Waals surface area contributed by atoms with Gasteiger partial charge in [-0.15, -0.1) is 0 Å². The van der Waals surface area contributed by atoms with Crippen molar-refractivity contribution in [2.24, 2.45) is 0 Å². The van der Waals surface area contributed by atoms with Gasteiger partial charge in [0.2, 0.25) is 0 Å². The molecule has 3 heterocycles. The highest BCUT2D eigenvalue weighted by Crippen LogP contribution is 2.26.